The number of nitrogens with two attached hydrogens (primary N) is 1. The topological polar surface area (TPSA) is 47.1 Å². The standard InChI is InChI=1S/C14H18N4/c1-17-7-6-13-12(9-17)14(16-18(13)2)10-4-3-5-11(15)8-10/h3-5,8H,6-7,9,15H2,1-2H3. The van der Waals surface area contributed by atoms with Crippen LogP contribution in [-0.4, -0.2) is 28.3 Å². The van der Waals surface area contributed by atoms with Crippen LogP contribution >= 0.6 is 0 Å². The number of anilines is 1. The molecular weight excluding hydrogens is 224 g/mol. The zero-order valence-corrected chi connectivity index (χ0v) is 10.8. The van der Waals surface area contributed by atoms with Crippen molar-refractivity contribution in [2.45, 2.75) is 13.0 Å². The molecule has 0 radical (unpaired) electrons. The number of aromatic nitrogens is 2. The summed E-state index contributed by atoms with van der Waals surface area (Å²) >= 11 is 0. The van der Waals surface area contributed by atoms with Crippen molar-refractivity contribution in [2.24, 2.45) is 7.05 Å². The Morgan fingerprint density at radius 1 is 1.28 bits per heavy atom. The van der Waals surface area contributed by atoms with Crippen molar-refractivity contribution in [2.75, 3.05) is 19.3 Å². The van der Waals surface area contributed by atoms with Gasteiger partial charge in [-0.05, 0) is 19.2 Å². The first-order chi connectivity index (χ1) is 8.65. The molecule has 0 saturated carbocycles. The SMILES string of the molecule is CN1CCc2c(c(-c3cccc(N)c3)nn2C)C1. The Morgan fingerprint density at radius 2 is 2.11 bits per heavy atom. The molecule has 0 bridgehead atoms. The lowest BCUT2D eigenvalue weighted by Crippen LogP contribution is -2.27. The van der Waals surface area contributed by atoms with Crippen molar-refractivity contribution in [1.29, 1.82) is 0 Å². The number of nitrogen functional groups attached to an aromatic ring is 1. The third-order valence-corrected chi connectivity index (χ3v) is 3.59. The fourth-order valence-corrected chi connectivity index (χ4v) is 2.65. The van der Waals surface area contributed by atoms with Gasteiger partial charge in [0.1, 0.15) is 0 Å². The van der Waals surface area contributed by atoms with E-state index in [1.54, 1.807) is 0 Å². The highest BCUT2D eigenvalue weighted by Crippen LogP contribution is 2.29. The molecule has 3 rings (SSSR count). The van der Waals surface area contributed by atoms with Gasteiger partial charge in [0.05, 0.1) is 5.69 Å². The quantitative estimate of drug-likeness (QED) is 0.774. The van der Waals surface area contributed by atoms with Gasteiger partial charge in [0.15, 0.2) is 0 Å². The molecule has 0 aliphatic carbocycles. The van der Waals surface area contributed by atoms with Crippen LogP contribution in [0.15, 0.2) is 24.3 Å². The maximum absolute atomic E-state index is 5.86. The summed E-state index contributed by atoms with van der Waals surface area (Å²) in [5.41, 5.74) is 11.5. The van der Waals surface area contributed by atoms with Crippen molar-refractivity contribution in [3.8, 4) is 11.3 Å². The van der Waals surface area contributed by atoms with E-state index >= 15 is 0 Å². The maximum Gasteiger partial charge on any atom is 0.0971 e. The molecule has 0 amide bonds. The minimum absolute atomic E-state index is 0.788. The number of nitrogens with zero attached hydrogens (tertiary/aromatic N) is 3. The molecule has 1 aliphatic heterocycles. The third-order valence-electron chi connectivity index (χ3n) is 3.59. The van der Waals surface area contributed by atoms with Gasteiger partial charge in [0, 0.05) is 49.1 Å². The zero-order valence-electron chi connectivity index (χ0n) is 10.8. The Bertz CT molecular complexity index is 585. The number of likely N-dealkylation sites (N-methyl/N-ethyl adjacent to an activating group) is 1. The molecular formula is C14H18N4. The lowest BCUT2D eigenvalue weighted by molar-refractivity contribution is 0.309. The van der Waals surface area contributed by atoms with Crippen LogP contribution in [0.3, 0.4) is 0 Å². The third kappa shape index (κ3) is 1.78. The largest absolute Gasteiger partial charge is 0.399 e. The maximum atomic E-state index is 5.86. The average Bonchev–Trinajstić information content (AvgIpc) is 2.66. The van der Waals surface area contributed by atoms with Gasteiger partial charge in [-0.2, -0.15) is 5.10 Å². The number of aryl methyl sites for hydroxylation is 1. The van der Waals surface area contributed by atoms with E-state index in [4.69, 9.17) is 5.73 Å². The first kappa shape index (κ1) is 11.3. The van der Waals surface area contributed by atoms with Crippen molar-refractivity contribution >= 4 is 5.69 Å². The molecule has 1 aromatic heterocycles. The van der Waals surface area contributed by atoms with E-state index in [1.807, 2.05) is 29.9 Å². The van der Waals surface area contributed by atoms with Crippen LogP contribution in [0, 0.1) is 0 Å². The van der Waals surface area contributed by atoms with E-state index in [1.165, 1.54) is 11.3 Å². The van der Waals surface area contributed by atoms with E-state index in [2.05, 4.69) is 23.1 Å². The predicted octanol–water partition coefficient (Wildman–Crippen LogP) is 1.66. The number of benzene rings is 1. The molecule has 0 saturated heterocycles. The molecule has 4 heteroatoms. The smallest absolute Gasteiger partial charge is 0.0971 e. The van der Waals surface area contributed by atoms with Crippen LogP contribution in [0.4, 0.5) is 5.69 Å². The van der Waals surface area contributed by atoms with E-state index in [0.717, 1.165) is 36.5 Å². The van der Waals surface area contributed by atoms with Gasteiger partial charge in [-0.1, -0.05) is 12.1 Å². The Morgan fingerprint density at radius 3 is 2.89 bits per heavy atom. The molecule has 2 heterocycles. The van der Waals surface area contributed by atoms with Gasteiger partial charge in [-0.25, -0.2) is 0 Å². The summed E-state index contributed by atoms with van der Waals surface area (Å²) in [6.45, 7) is 2.07. The Balaban J connectivity index is 2.13. The van der Waals surface area contributed by atoms with Crippen molar-refractivity contribution < 1.29 is 0 Å². The van der Waals surface area contributed by atoms with Gasteiger partial charge >= 0.3 is 0 Å². The van der Waals surface area contributed by atoms with Crippen LogP contribution in [0.5, 0.6) is 0 Å². The minimum atomic E-state index is 0.788. The minimum Gasteiger partial charge on any atom is -0.399 e. The lowest BCUT2D eigenvalue weighted by Gasteiger charge is -2.23. The fraction of sp³-hybridized carbons (Fsp3) is 0.357. The summed E-state index contributed by atoms with van der Waals surface area (Å²) in [6.07, 6.45) is 1.07. The summed E-state index contributed by atoms with van der Waals surface area (Å²) in [4.78, 5) is 2.33. The van der Waals surface area contributed by atoms with Crippen LogP contribution in [0.25, 0.3) is 11.3 Å². The van der Waals surface area contributed by atoms with Crippen LogP contribution in [0.1, 0.15) is 11.3 Å². The van der Waals surface area contributed by atoms with Gasteiger partial charge < -0.3 is 10.6 Å². The number of fused-ring (bicyclic) bond motifs is 1. The monoisotopic (exact) mass is 242 g/mol. The van der Waals surface area contributed by atoms with Crippen LogP contribution in [-0.2, 0) is 20.0 Å². The van der Waals surface area contributed by atoms with Crippen LogP contribution < -0.4 is 5.73 Å². The highest BCUT2D eigenvalue weighted by molar-refractivity contribution is 5.68. The van der Waals surface area contributed by atoms with Gasteiger partial charge in [-0.15, -0.1) is 0 Å². The molecule has 0 atom stereocenters. The van der Waals surface area contributed by atoms with Crippen molar-refractivity contribution in [3.05, 3.63) is 35.5 Å². The molecule has 0 spiro atoms. The second kappa shape index (κ2) is 4.14. The summed E-state index contributed by atoms with van der Waals surface area (Å²) in [7, 11) is 4.18. The summed E-state index contributed by atoms with van der Waals surface area (Å²) in [5, 5.41) is 4.67. The highest BCUT2D eigenvalue weighted by Gasteiger charge is 2.22. The van der Waals surface area contributed by atoms with E-state index < -0.39 is 0 Å². The highest BCUT2D eigenvalue weighted by atomic mass is 15.3. The molecule has 1 aliphatic rings. The normalized spacial score (nSPS) is 15.7. The average molecular weight is 242 g/mol. The first-order valence-corrected chi connectivity index (χ1v) is 6.24. The van der Waals surface area contributed by atoms with Crippen molar-refractivity contribution in [1.82, 2.24) is 14.7 Å². The van der Waals surface area contributed by atoms with Gasteiger partial charge in [0.25, 0.3) is 0 Å². The van der Waals surface area contributed by atoms with Gasteiger partial charge in [0.2, 0.25) is 0 Å². The first-order valence-electron chi connectivity index (χ1n) is 6.24. The predicted molar refractivity (Wildman–Crippen MR) is 73.1 cm³/mol. The number of hydrogen-bond donors (Lipinski definition) is 1. The van der Waals surface area contributed by atoms with E-state index in [-0.39, 0.29) is 0 Å². The summed E-state index contributed by atoms with van der Waals surface area (Å²) in [6, 6.07) is 7.97. The molecule has 94 valence electrons. The molecule has 2 aromatic rings. The van der Waals surface area contributed by atoms with Gasteiger partial charge in [-0.3, -0.25) is 4.68 Å². The fourth-order valence-electron chi connectivity index (χ4n) is 2.65. The lowest BCUT2D eigenvalue weighted by atomic mass is 10.0. The van der Waals surface area contributed by atoms with Crippen LogP contribution in [0.2, 0.25) is 0 Å². The van der Waals surface area contributed by atoms with Crippen molar-refractivity contribution in [3.63, 3.8) is 0 Å². The second-order valence-corrected chi connectivity index (χ2v) is 5.01. The molecule has 18 heavy (non-hydrogen) atoms. The molecule has 4 nitrogen and oxygen atoms in total. The Labute approximate surface area is 107 Å². The number of rotatable bonds is 1. The Hall–Kier alpha value is -1.81. The summed E-state index contributed by atoms with van der Waals surface area (Å²) in [5.74, 6) is 0. The summed E-state index contributed by atoms with van der Waals surface area (Å²) < 4.78 is 2.01. The second-order valence-electron chi connectivity index (χ2n) is 5.01. The molecule has 0 fully saturated rings. The number of hydrogen-bond acceptors (Lipinski definition) is 3. The molecule has 2 N–H and O–H groups in total. The zero-order chi connectivity index (χ0) is 12.7. The molecule has 0 unspecified atom stereocenters. The van der Waals surface area contributed by atoms with E-state index in [0.29, 0.717) is 0 Å². The Kier molecular flexibility index (Phi) is 2.59. The van der Waals surface area contributed by atoms with E-state index in [9.17, 15) is 0 Å². The molecule has 1 aromatic carbocycles.